The number of carbonyl (C=O) groups excluding carboxylic acids is 1. The zero-order chi connectivity index (χ0) is 18.3. The smallest absolute Gasteiger partial charge is 0.219 e. The summed E-state index contributed by atoms with van der Waals surface area (Å²) in [7, 11) is 0. The van der Waals surface area contributed by atoms with Crippen LogP contribution in [0.25, 0.3) is 16.9 Å². The number of rotatable bonds is 2. The van der Waals surface area contributed by atoms with Crippen LogP contribution in [0.4, 0.5) is 10.2 Å². The van der Waals surface area contributed by atoms with Crippen LogP contribution in [0.3, 0.4) is 0 Å². The van der Waals surface area contributed by atoms with Crippen molar-refractivity contribution in [2.75, 3.05) is 31.1 Å². The molecule has 0 radical (unpaired) electrons. The van der Waals surface area contributed by atoms with Crippen LogP contribution >= 0.6 is 15.9 Å². The minimum absolute atomic E-state index is 0.0953. The van der Waals surface area contributed by atoms with Gasteiger partial charge in [0, 0.05) is 51.1 Å². The summed E-state index contributed by atoms with van der Waals surface area (Å²) >= 11 is 3.60. The van der Waals surface area contributed by atoms with Crippen molar-refractivity contribution in [3.63, 3.8) is 0 Å². The molecule has 0 unspecified atom stereocenters. The van der Waals surface area contributed by atoms with Crippen LogP contribution in [0.15, 0.2) is 41.3 Å². The van der Waals surface area contributed by atoms with Crippen molar-refractivity contribution in [1.82, 2.24) is 19.3 Å². The standard InChI is InChI=1S/C18H17BrFN5O/c1-12(26)23-8-10-24(11-9-23)17-18-22-15(13-2-4-14(20)5-3-13)16(19)25(18)7-6-21-17/h2-7H,8-11H2,1H3. The Balaban J connectivity index is 1.72. The molecule has 4 rings (SSSR count). The molecule has 0 saturated carbocycles. The van der Waals surface area contributed by atoms with Gasteiger partial charge in [-0.1, -0.05) is 0 Å². The van der Waals surface area contributed by atoms with Gasteiger partial charge in [0.05, 0.1) is 0 Å². The average molecular weight is 418 g/mol. The molecule has 0 bridgehead atoms. The Labute approximate surface area is 158 Å². The van der Waals surface area contributed by atoms with Gasteiger partial charge in [-0.2, -0.15) is 0 Å². The number of aromatic nitrogens is 3. The number of anilines is 1. The Hall–Kier alpha value is -2.48. The zero-order valence-electron chi connectivity index (χ0n) is 14.2. The van der Waals surface area contributed by atoms with E-state index in [1.807, 2.05) is 15.5 Å². The third-order valence-electron chi connectivity index (χ3n) is 4.61. The summed E-state index contributed by atoms with van der Waals surface area (Å²) in [5.41, 5.74) is 2.30. The average Bonchev–Trinajstić information content (AvgIpc) is 2.99. The van der Waals surface area contributed by atoms with Gasteiger partial charge in [-0.25, -0.2) is 14.4 Å². The second-order valence-corrected chi connectivity index (χ2v) is 6.95. The van der Waals surface area contributed by atoms with E-state index in [-0.39, 0.29) is 11.7 Å². The lowest BCUT2D eigenvalue weighted by molar-refractivity contribution is -0.129. The van der Waals surface area contributed by atoms with E-state index in [9.17, 15) is 9.18 Å². The fourth-order valence-corrected chi connectivity index (χ4v) is 3.79. The van der Waals surface area contributed by atoms with Gasteiger partial charge in [0.2, 0.25) is 5.91 Å². The number of halogens is 2. The van der Waals surface area contributed by atoms with Gasteiger partial charge in [0.15, 0.2) is 11.5 Å². The maximum atomic E-state index is 13.2. The molecule has 1 aliphatic heterocycles. The molecule has 1 aliphatic rings. The molecular weight excluding hydrogens is 401 g/mol. The van der Waals surface area contributed by atoms with Crippen molar-refractivity contribution in [2.24, 2.45) is 0 Å². The summed E-state index contributed by atoms with van der Waals surface area (Å²) in [6.07, 6.45) is 3.58. The number of piperazine rings is 1. The van der Waals surface area contributed by atoms with Crippen molar-refractivity contribution < 1.29 is 9.18 Å². The van der Waals surface area contributed by atoms with Gasteiger partial charge in [-0.05, 0) is 40.2 Å². The van der Waals surface area contributed by atoms with E-state index in [0.29, 0.717) is 26.2 Å². The molecule has 0 spiro atoms. The molecule has 134 valence electrons. The molecule has 0 atom stereocenters. The molecule has 2 aromatic heterocycles. The number of fused-ring (bicyclic) bond motifs is 1. The topological polar surface area (TPSA) is 53.7 Å². The van der Waals surface area contributed by atoms with E-state index < -0.39 is 0 Å². The minimum Gasteiger partial charge on any atom is -0.350 e. The third-order valence-corrected chi connectivity index (χ3v) is 5.37. The lowest BCUT2D eigenvalue weighted by Gasteiger charge is -2.34. The molecule has 1 amide bonds. The Morgan fingerprint density at radius 1 is 1.15 bits per heavy atom. The number of hydrogen-bond acceptors (Lipinski definition) is 4. The van der Waals surface area contributed by atoms with Crippen molar-refractivity contribution in [1.29, 1.82) is 0 Å². The third kappa shape index (κ3) is 2.94. The van der Waals surface area contributed by atoms with Crippen molar-refractivity contribution in [3.05, 3.63) is 47.1 Å². The van der Waals surface area contributed by atoms with E-state index in [0.717, 1.165) is 27.3 Å². The second kappa shape index (κ2) is 6.68. The largest absolute Gasteiger partial charge is 0.350 e. The normalized spacial score (nSPS) is 14.9. The van der Waals surface area contributed by atoms with E-state index in [1.165, 1.54) is 12.1 Å². The van der Waals surface area contributed by atoms with Crippen molar-refractivity contribution in [3.8, 4) is 11.3 Å². The molecule has 26 heavy (non-hydrogen) atoms. The fourth-order valence-electron chi connectivity index (χ4n) is 3.18. The van der Waals surface area contributed by atoms with Gasteiger partial charge >= 0.3 is 0 Å². The lowest BCUT2D eigenvalue weighted by atomic mass is 10.2. The van der Waals surface area contributed by atoms with Crippen molar-refractivity contribution >= 4 is 33.3 Å². The lowest BCUT2D eigenvalue weighted by Crippen LogP contribution is -2.48. The highest BCUT2D eigenvalue weighted by Gasteiger charge is 2.23. The Morgan fingerprint density at radius 3 is 2.50 bits per heavy atom. The van der Waals surface area contributed by atoms with Crippen LogP contribution in [0, 0.1) is 5.82 Å². The van der Waals surface area contributed by atoms with Crippen molar-refractivity contribution in [2.45, 2.75) is 6.92 Å². The first-order valence-corrected chi connectivity index (χ1v) is 9.13. The number of carbonyl (C=O) groups is 1. The first-order valence-electron chi connectivity index (χ1n) is 8.33. The van der Waals surface area contributed by atoms with E-state index in [2.05, 4.69) is 25.8 Å². The number of nitrogens with zero attached hydrogens (tertiary/aromatic N) is 5. The van der Waals surface area contributed by atoms with Gasteiger partial charge < -0.3 is 9.80 Å². The Kier molecular flexibility index (Phi) is 4.36. The highest BCUT2D eigenvalue weighted by atomic mass is 79.9. The first-order chi connectivity index (χ1) is 12.5. The summed E-state index contributed by atoms with van der Waals surface area (Å²) in [6.45, 7) is 4.36. The summed E-state index contributed by atoms with van der Waals surface area (Å²) in [6, 6.07) is 6.26. The molecule has 1 fully saturated rings. The number of hydrogen-bond donors (Lipinski definition) is 0. The van der Waals surface area contributed by atoms with Crippen LogP contribution < -0.4 is 4.90 Å². The summed E-state index contributed by atoms with van der Waals surface area (Å²) in [5, 5.41) is 0. The van der Waals surface area contributed by atoms with Gasteiger partial charge in [0.25, 0.3) is 0 Å². The van der Waals surface area contributed by atoms with E-state index in [1.54, 1.807) is 25.3 Å². The van der Waals surface area contributed by atoms with Crippen LogP contribution in [-0.2, 0) is 4.79 Å². The Bertz CT molecular complexity index is 964. The molecule has 0 N–H and O–H groups in total. The molecule has 3 aromatic rings. The van der Waals surface area contributed by atoms with E-state index >= 15 is 0 Å². The SMILES string of the molecule is CC(=O)N1CCN(c2nccn3c(Br)c(-c4ccc(F)cc4)nc23)CC1. The van der Waals surface area contributed by atoms with Gasteiger partial charge in [0.1, 0.15) is 16.1 Å². The quantitative estimate of drug-likeness (QED) is 0.642. The molecular formula is C18H17BrFN5O. The van der Waals surface area contributed by atoms with E-state index in [4.69, 9.17) is 4.98 Å². The molecule has 6 nitrogen and oxygen atoms in total. The maximum Gasteiger partial charge on any atom is 0.219 e. The minimum atomic E-state index is -0.278. The van der Waals surface area contributed by atoms with Crippen LogP contribution in [0.1, 0.15) is 6.92 Å². The predicted molar refractivity (Wildman–Crippen MR) is 101 cm³/mol. The van der Waals surface area contributed by atoms with Crippen LogP contribution in [0.2, 0.25) is 0 Å². The van der Waals surface area contributed by atoms with Crippen LogP contribution in [-0.4, -0.2) is 51.4 Å². The number of imidazole rings is 1. The maximum absolute atomic E-state index is 13.2. The van der Waals surface area contributed by atoms with Crippen LogP contribution in [0.5, 0.6) is 0 Å². The predicted octanol–water partition coefficient (Wildman–Crippen LogP) is 2.97. The molecule has 8 heteroatoms. The number of amides is 1. The fraction of sp³-hybridized carbons (Fsp3) is 0.278. The van der Waals surface area contributed by atoms with Gasteiger partial charge in [-0.3, -0.25) is 9.20 Å². The zero-order valence-corrected chi connectivity index (χ0v) is 15.8. The Morgan fingerprint density at radius 2 is 1.85 bits per heavy atom. The summed E-state index contributed by atoms with van der Waals surface area (Å²) in [5.74, 6) is 0.599. The van der Waals surface area contributed by atoms with Gasteiger partial charge in [-0.15, -0.1) is 0 Å². The monoisotopic (exact) mass is 417 g/mol. The number of benzene rings is 1. The molecule has 3 heterocycles. The molecule has 1 aromatic carbocycles. The highest BCUT2D eigenvalue weighted by molar-refractivity contribution is 9.10. The molecule has 0 aliphatic carbocycles. The second-order valence-electron chi connectivity index (χ2n) is 6.20. The summed E-state index contributed by atoms with van der Waals surface area (Å²) in [4.78, 5) is 24.8. The first kappa shape index (κ1) is 17.0. The highest BCUT2D eigenvalue weighted by Crippen LogP contribution is 2.32. The summed E-state index contributed by atoms with van der Waals surface area (Å²) < 4.78 is 15.9. The molecule has 1 saturated heterocycles.